The fraction of sp³-hybridized carbons (Fsp3) is 0.533. The molecule has 0 heterocycles. The van der Waals surface area contributed by atoms with Gasteiger partial charge in [-0.25, -0.2) is 0 Å². The van der Waals surface area contributed by atoms with Crippen molar-refractivity contribution < 1.29 is 9.90 Å². The first-order valence-corrected chi connectivity index (χ1v) is 7.57. The molecule has 1 fully saturated rings. The first-order valence-electron chi connectivity index (χ1n) is 6.77. The van der Waals surface area contributed by atoms with E-state index >= 15 is 0 Å². The SMILES string of the molecule is Cc1cc(Br)ccc1CNC1CCC(C(=O)O)CC1. The van der Waals surface area contributed by atoms with Crippen LogP contribution < -0.4 is 5.32 Å². The Morgan fingerprint density at radius 3 is 2.63 bits per heavy atom. The van der Waals surface area contributed by atoms with Crippen molar-refractivity contribution in [2.75, 3.05) is 0 Å². The van der Waals surface area contributed by atoms with E-state index < -0.39 is 5.97 Å². The molecule has 0 amide bonds. The minimum atomic E-state index is -0.637. The summed E-state index contributed by atoms with van der Waals surface area (Å²) in [6.45, 7) is 2.98. The lowest BCUT2D eigenvalue weighted by Crippen LogP contribution is -2.34. The van der Waals surface area contributed by atoms with E-state index in [9.17, 15) is 4.79 Å². The summed E-state index contributed by atoms with van der Waals surface area (Å²) in [5.74, 6) is -0.769. The van der Waals surface area contributed by atoms with Crippen molar-refractivity contribution in [2.24, 2.45) is 5.92 Å². The summed E-state index contributed by atoms with van der Waals surface area (Å²) >= 11 is 3.47. The Kier molecular flexibility index (Phi) is 4.99. The minimum absolute atomic E-state index is 0.132. The summed E-state index contributed by atoms with van der Waals surface area (Å²) in [6.07, 6.45) is 3.53. The average molecular weight is 326 g/mol. The number of aryl methyl sites for hydroxylation is 1. The molecular formula is C15H20BrNO2. The van der Waals surface area contributed by atoms with E-state index in [1.807, 2.05) is 0 Å². The molecule has 104 valence electrons. The van der Waals surface area contributed by atoms with Gasteiger partial charge in [-0.05, 0) is 55.9 Å². The first-order chi connectivity index (χ1) is 9.06. The molecule has 0 saturated heterocycles. The third-order valence-electron chi connectivity index (χ3n) is 3.96. The number of benzene rings is 1. The Labute approximate surface area is 122 Å². The van der Waals surface area contributed by atoms with Gasteiger partial charge < -0.3 is 10.4 Å². The topological polar surface area (TPSA) is 49.3 Å². The predicted octanol–water partition coefficient (Wildman–Crippen LogP) is 3.49. The van der Waals surface area contributed by atoms with Crippen LogP contribution >= 0.6 is 15.9 Å². The molecule has 0 aromatic heterocycles. The number of nitrogens with one attached hydrogen (secondary N) is 1. The number of rotatable bonds is 4. The molecule has 2 rings (SSSR count). The maximum atomic E-state index is 10.9. The van der Waals surface area contributed by atoms with Crippen LogP contribution in [-0.2, 0) is 11.3 Å². The van der Waals surface area contributed by atoms with Gasteiger partial charge in [-0.15, -0.1) is 0 Å². The van der Waals surface area contributed by atoms with Gasteiger partial charge in [0.05, 0.1) is 5.92 Å². The van der Waals surface area contributed by atoms with E-state index in [0.29, 0.717) is 6.04 Å². The molecule has 19 heavy (non-hydrogen) atoms. The van der Waals surface area contributed by atoms with Gasteiger partial charge in [0.15, 0.2) is 0 Å². The van der Waals surface area contributed by atoms with Crippen molar-refractivity contribution in [1.29, 1.82) is 0 Å². The molecular weight excluding hydrogens is 306 g/mol. The zero-order chi connectivity index (χ0) is 13.8. The van der Waals surface area contributed by atoms with Crippen LogP contribution in [0.5, 0.6) is 0 Å². The van der Waals surface area contributed by atoms with Crippen LogP contribution in [0.1, 0.15) is 36.8 Å². The van der Waals surface area contributed by atoms with E-state index in [1.165, 1.54) is 11.1 Å². The van der Waals surface area contributed by atoms with Crippen LogP contribution in [0.3, 0.4) is 0 Å². The Bertz CT molecular complexity index is 453. The second-order valence-corrected chi connectivity index (χ2v) is 6.25. The van der Waals surface area contributed by atoms with Gasteiger partial charge in [-0.1, -0.05) is 22.0 Å². The molecule has 3 nitrogen and oxygen atoms in total. The Morgan fingerprint density at radius 1 is 1.37 bits per heavy atom. The monoisotopic (exact) mass is 325 g/mol. The first kappa shape index (κ1) is 14.5. The molecule has 0 radical (unpaired) electrons. The van der Waals surface area contributed by atoms with Crippen LogP contribution in [0, 0.1) is 12.8 Å². The standard InChI is InChI=1S/C15H20BrNO2/c1-10-8-13(16)5-2-12(10)9-17-14-6-3-11(4-7-14)15(18)19/h2,5,8,11,14,17H,3-4,6-7,9H2,1H3,(H,18,19). The molecule has 0 aliphatic heterocycles. The maximum absolute atomic E-state index is 10.9. The summed E-state index contributed by atoms with van der Waals surface area (Å²) in [5.41, 5.74) is 2.59. The van der Waals surface area contributed by atoms with E-state index in [-0.39, 0.29) is 5.92 Å². The van der Waals surface area contributed by atoms with Crippen LogP contribution in [-0.4, -0.2) is 17.1 Å². The molecule has 0 atom stereocenters. The second kappa shape index (κ2) is 6.53. The molecule has 1 aliphatic rings. The van der Waals surface area contributed by atoms with Crippen molar-refractivity contribution >= 4 is 21.9 Å². The van der Waals surface area contributed by atoms with E-state index in [4.69, 9.17) is 5.11 Å². The van der Waals surface area contributed by atoms with Crippen LogP contribution in [0.2, 0.25) is 0 Å². The highest BCUT2D eigenvalue weighted by molar-refractivity contribution is 9.10. The molecule has 2 N–H and O–H groups in total. The lowest BCUT2D eigenvalue weighted by atomic mass is 9.86. The van der Waals surface area contributed by atoms with Gasteiger partial charge in [-0.2, -0.15) is 0 Å². The quantitative estimate of drug-likeness (QED) is 0.890. The number of aliphatic carboxylic acids is 1. The summed E-state index contributed by atoms with van der Waals surface area (Å²) in [6, 6.07) is 6.78. The molecule has 4 heteroatoms. The smallest absolute Gasteiger partial charge is 0.306 e. The van der Waals surface area contributed by atoms with E-state index in [2.05, 4.69) is 46.4 Å². The molecule has 0 bridgehead atoms. The van der Waals surface area contributed by atoms with Crippen molar-refractivity contribution in [1.82, 2.24) is 5.32 Å². The number of carboxylic acids is 1. The summed E-state index contributed by atoms with van der Waals surface area (Å²) in [4.78, 5) is 10.9. The van der Waals surface area contributed by atoms with Crippen LogP contribution in [0.15, 0.2) is 22.7 Å². The predicted molar refractivity (Wildman–Crippen MR) is 79.1 cm³/mol. The largest absolute Gasteiger partial charge is 0.481 e. The minimum Gasteiger partial charge on any atom is -0.481 e. The highest BCUT2D eigenvalue weighted by Crippen LogP contribution is 2.25. The fourth-order valence-corrected chi connectivity index (χ4v) is 3.13. The van der Waals surface area contributed by atoms with Gasteiger partial charge in [-0.3, -0.25) is 4.79 Å². The number of carbonyl (C=O) groups is 1. The maximum Gasteiger partial charge on any atom is 0.306 e. The fourth-order valence-electron chi connectivity index (χ4n) is 2.66. The normalized spacial score (nSPS) is 23.3. The van der Waals surface area contributed by atoms with Gasteiger partial charge in [0.1, 0.15) is 0 Å². The Hall–Kier alpha value is -0.870. The number of hydrogen-bond donors (Lipinski definition) is 2. The molecule has 0 unspecified atom stereocenters. The van der Waals surface area contributed by atoms with Crippen molar-refractivity contribution in [3.8, 4) is 0 Å². The van der Waals surface area contributed by atoms with Gasteiger partial charge in [0.25, 0.3) is 0 Å². The summed E-state index contributed by atoms with van der Waals surface area (Å²) < 4.78 is 1.11. The van der Waals surface area contributed by atoms with Crippen molar-refractivity contribution in [3.05, 3.63) is 33.8 Å². The third kappa shape index (κ3) is 4.05. The van der Waals surface area contributed by atoms with E-state index in [1.54, 1.807) is 0 Å². The van der Waals surface area contributed by atoms with Crippen molar-refractivity contribution in [3.63, 3.8) is 0 Å². The van der Waals surface area contributed by atoms with E-state index in [0.717, 1.165) is 36.7 Å². The highest BCUT2D eigenvalue weighted by Gasteiger charge is 2.25. The van der Waals surface area contributed by atoms with Gasteiger partial charge in [0, 0.05) is 17.1 Å². The second-order valence-electron chi connectivity index (χ2n) is 5.34. The molecule has 1 aromatic carbocycles. The molecule has 1 aliphatic carbocycles. The average Bonchev–Trinajstić information content (AvgIpc) is 2.38. The molecule has 1 saturated carbocycles. The van der Waals surface area contributed by atoms with Crippen LogP contribution in [0.4, 0.5) is 0 Å². The lowest BCUT2D eigenvalue weighted by Gasteiger charge is -2.27. The number of halogens is 1. The molecule has 1 aromatic rings. The Morgan fingerprint density at radius 2 is 2.05 bits per heavy atom. The Balaban J connectivity index is 1.82. The third-order valence-corrected chi connectivity index (χ3v) is 4.46. The number of hydrogen-bond acceptors (Lipinski definition) is 2. The van der Waals surface area contributed by atoms with Crippen molar-refractivity contribution in [2.45, 2.75) is 45.2 Å². The summed E-state index contributed by atoms with van der Waals surface area (Å²) in [7, 11) is 0. The van der Waals surface area contributed by atoms with Crippen LogP contribution in [0.25, 0.3) is 0 Å². The zero-order valence-corrected chi connectivity index (χ0v) is 12.7. The lowest BCUT2D eigenvalue weighted by molar-refractivity contribution is -0.142. The van der Waals surface area contributed by atoms with Gasteiger partial charge in [0.2, 0.25) is 0 Å². The number of carboxylic acid groups (broad SMARTS) is 1. The highest BCUT2D eigenvalue weighted by atomic mass is 79.9. The summed E-state index contributed by atoms with van der Waals surface area (Å²) in [5, 5.41) is 12.5. The molecule has 0 spiro atoms. The zero-order valence-electron chi connectivity index (χ0n) is 11.2. The van der Waals surface area contributed by atoms with Gasteiger partial charge >= 0.3 is 5.97 Å².